The third-order valence-corrected chi connectivity index (χ3v) is 4.47. The molecule has 0 aromatic heterocycles. The van der Waals surface area contributed by atoms with Crippen LogP contribution in [-0.2, 0) is 6.54 Å². The molecule has 3 heteroatoms. The fraction of sp³-hybridized carbons (Fsp3) is 0.647. The van der Waals surface area contributed by atoms with Gasteiger partial charge in [-0.25, -0.2) is 4.39 Å². The van der Waals surface area contributed by atoms with Gasteiger partial charge in [0.2, 0.25) is 0 Å². The van der Waals surface area contributed by atoms with Crippen LogP contribution in [0.2, 0.25) is 0 Å². The first-order chi connectivity index (χ1) is 9.63. The minimum absolute atomic E-state index is 0.0608. The molecule has 0 bridgehead atoms. The zero-order valence-corrected chi connectivity index (χ0v) is 12.4. The monoisotopic (exact) mass is 279 g/mol. The molecule has 1 aromatic carbocycles. The molecule has 0 saturated heterocycles. The van der Waals surface area contributed by atoms with Crippen LogP contribution in [0.5, 0.6) is 0 Å². The maximum atomic E-state index is 12.9. The highest BCUT2D eigenvalue weighted by Crippen LogP contribution is 2.35. The predicted molar refractivity (Wildman–Crippen MR) is 80.0 cm³/mol. The van der Waals surface area contributed by atoms with Crippen LogP contribution >= 0.6 is 0 Å². The van der Waals surface area contributed by atoms with Gasteiger partial charge >= 0.3 is 0 Å². The number of nitrogens with zero attached hydrogens (tertiary/aromatic N) is 1. The minimum atomic E-state index is -0.188. The Morgan fingerprint density at radius 2 is 1.70 bits per heavy atom. The lowest BCUT2D eigenvalue weighted by atomic mass is 9.80. The smallest absolute Gasteiger partial charge is 0.123 e. The van der Waals surface area contributed by atoms with Gasteiger partial charge in [0, 0.05) is 25.1 Å². The SMILES string of the molecule is CN(Cc1ccc(F)cc1)CC1(CO)CCCCCC1. The third kappa shape index (κ3) is 4.29. The predicted octanol–water partition coefficient (Wildman–Crippen LogP) is 3.59. The van der Waals surface area contributed by atoms with Crippen molar-refractivity contribution < 1.29 is 9.50 Å². The molecule has 1 saturated carbocycles. The molecule has 0 heterocycles. The highest BCUT2D eigenvalue weighted by atomic mass is 19.1. The van der Waals surface area contributed by atoms with Gasteiger partial charge in [-0.15, -0.1) is 0 Å². The molecule has 0 spiro atoms. The Balaban J connectivity index is 1.94. The second kappa shape index (κ2) is 7.19. The maximum absolute atomic E-state index is 12.9. The molecule has 0 aliphatic heterocycles. The first-order valence-electron chi connectivity index (χ1n) is 7.67. The molecule has 0 amide bonds. The number of halogens is 1. The van der Waals surface area contributed by atoms with Crippen molar-refractivity contribution in [1.82, 2.24) is 4.90 Å². The van der Waals surface area contributed by atoms with Crippen molar-refractivity contribution >= 4 is 0 Å². The molecule has 0 atom stereocenters. The quantitative estimate of drug-likeness (QED) is 0.833. The molecule has 1 aromatic rings. The number of benzene rings is 1. The Bertz CT molecular complexity index is 396. The summed E-state index contributed by atoms with van der Waals surface area (Å²) >= 11 is 0. The van der Waals surface area contributed by atoms with Gasteiger partial charge in [-0.3, -0.25) is 0 Å². The Morgan fingerprint density at radius 3 is 2.25 bits per heavy atom. The van der Waals surface area contributed by atoms with Crippen molar-refractivity contribution in [2.24, 2.45) is 5.41 Å². The van der Waals surface area contributed by atoms with Crippen molar-refractivity contribution in [2.45, 2.75) is 45.1 Å². The molecule has 1 fully saturated rings. The normalized spacial score (nSPS) is 19.0. The summed E-state index contributed by atoms with van der Waals surface area (Å²) in [6.07, 6.45) is 7.29. The summed E-state index contributed by atoms with van der Waals surface area (Å²) in [5.74, 6) is -0.188. The van der Waals surface area contributed by atoms with Gasteiger partial charge in [-0.05, 0) is 37.6 Å². The van der Waals surface area contributed by atoms with Gasteiger partial charge < -0.3 is 10.0 Å². The van der Waals surface area contributed by atoms with Crippen LogP contribution in [0.4, 0.5) is 4.39 Å². The van der Waals surface area contributed by atoms with E-state index in [0.717, 1.165) is 31.5 Å². The largest absolute Gasteiger partial charge is 0.396 e. The summed E-state index contributed by atoms with van der Waals surface area (Å²) in [4.78, 5) is 2.26. The fourth-order valence-electron chi connectivity index (χ4n) is 3.37. The number of aliphatic hydroxyl groups excluding tert-OH is 1. The second-order valence-electron chi connectivity index (χ2n) is 6.37. The Labute approximate surface area is 121 Å². The molecule has 2 rings (SSSR count). The first-order valence-corrected chi connectivity index (χ1v) is 7.67. The van der Waals surface area contributed by atoms with Gasteiger partial charge in [-0.2, -0.15) is 0 Å². The van der Waals surface area contributed by atoms with Gasteiger partial charge in [0.15, 0.2) is 0 Å². The molecule has 2 nitrogen and oxygen atoms in total. The standard InChI is InChI=1S/C17H26FNO/c1-19(12-15-6-8-16(18)9-7-15)13-17(14-20)10-4-2-3-5-11-17/h6-9,20H,2-5,10-14H2,1H3. The molecular formula is C17H26FNO. The van der Waals surface area contributed by atoms with E-state index >= 15 is 0 Å². The lowest BCUT2D eigenvalue weighted by Gasteiger charge is -2.35. The van der Waals surface area contributed by atoms with Gasteiger partial charge in [0.05, 0.1) is 0 Å². The minimum Gasteiger partial charge on any atom is -0.396 e. The summed E-state index contributed by atoms with van der Waals surface area (Å²) in [5.41, 5.74) is 1.18. The van der Waals surface area contributed by atoms with Crippen LogP contribution in [-0.4, -0.2) is 30.2 Å². The van der Waals surface area contributed by atoms with Crippen LogP contribution in [0.3, 0.4) is 0 Å². The van der Waals surface area contributed by atoms with Gasteiger partial charge in [0.1, 0.15) is 5.82 Å². The highest BCUT2D eigenvalue weighted by Gasteiger charge is 2.31. The van der Waals surface area contributed by atoms with Crippen molar-refractivity contribution in [3.05, 3.63) is 35.6 Å². The first kappa shape index (κ1) is 15.5. The molecule has 112 valence electrons. The molecule has 0 radical (unpaired) electrons. The molecule has 20 heavy (non-hydrogen) atoms. The van der Waals surface area contributed by atoms with E-state index in [1.165, 1.54) is 37.8 Å². The summed E-state index contributed by atoms with van der Waals surface area (Å²) in [6, 6.07) is 6.70. The van der Waals surface area contributed by atoms with Crippen LogP contribution in [0.25, 0.3) is 0 Å². The van der Waals surface area contributed by atoms with E-state index in [2.05, 4.69) is 11.9 Å². The van der Waals surface area contributed by atoms with Crippen molar-refractivity contribution in [2.75, 3.05) is 20.2 Å². The number of hydrogen-bond acceptors (Lipinski definition) is 2. The van der Waals surface area contributed by atoms with E-state index in [0.29, 0.717) is 0 Å². The van der Waals surface area contributed by atoms with Crippen molar-refractivity contribution in [3.63, 3.8) is 0 Å². The van der Waals surface area contributed by atoms with Crippen LogP contribution < -0.4 is 0 Å². The molecule has 1 aliphatic carbocycles. The van der Waals surface area contributed by atoms with E-state index < -0.39 is 0 Å². The fourth-order valence-corrected chi connectivity index (χ4v) is 3.37. The number of hydrogen-bond donors (Lipinski definition) is 1. The lowest BCUT2D eigenvalue weighted by Crippen LogP contribution is -2.38. The zero-order chi connectivity index (χ0) is 14.4. The lowest BCUT2D eigenvalue weighted by molar-refractivity contribution is 0.0663. The third-order valence-electron chi connectivity index (χ3n) is 4.47. The van der Waals surface area contributed by atoms with E-state index in [-0.39, 0.29) is 17.8 Å². The summed E-state index contributed by atoms with van der Waals surface area (Å²) < 4.78 is 12.9. The summed E-state index contributed by atoms with van der Waals surface area (Å²) in [6.45, 7) is 2.00. The summed E-state index contributed by atoms with van der Waals surface area (Å²) in [5, 5.41) is 9.84. The van der Waals surface area contributed by atoms with E-state index in [1.807, 2.05) is 12.1 Å². The Morgan fingerprint density at radius 1 is 1.10 bits per heavy atom. The van der Waals surface area contributed by atoms with Gasteiger partial charge in [-0.1, -0.05) is 37.8 Å². The maximum Gasteiger partial charge on any atom is 0.123 e. The molecule has 0 unspecified atom stereocenters. The molecular weight excluding hydrogens is 253 g/mol. The number of rotatable bonds is 5. The van der Waals surface area contributed by atoms with Gasteiger partial charge in [0.25, 0.3) is 0 Å². The van der Waals surface area contributed by atoms with Crippen LogP contribution in [0.15, 0.2) is 24.3 Å². The molecule has 1 aliphatic rings. The zero-order valence-electron chi connectivity index (χ0n) is 12.4. The topological polar surface area (TPSA) is 23.5 Å². The second-order valence-corrected chi connectivity index (χ2v) is 6.37. The Kier molecular flexibility index (Phi) is 5.55. The van der Waals surface area contributed by atoms with Crippen LogP contribution in [0.1, 0.15) is 44.1 Å². The number of aliphatic hydroxyl groups is 1. The van der Waals surface area contributed by atoms with Crippen molar-refractivity contribution in [1.29, 1.82) is 0 Å². The van der Waals surface area contributed by atoms with E-state index in [9.17, 15) is 9.50 Å². The average molecular weight is 279 g/mol. The Hall–Kier alpha value is -0.930. The van der Waals surface area contributed by atoms with Crippen molar-refractivity contribution in [3.8, 4) is 0 Å². The molecule has 1 N–H and O–H groups in total. The highest BCUT2D eigenvalue weighted by molar-refractivity contribution is 5.15. The van der Waals surface area contributed by atoms with Crippen LogP contribution in [0, 0.1) is 11.2 Å². The average Bonchev–Trinajstić information content (AvgIpc) is 2.67. The summed E-state index contributed by atoms with van der Waals surface area (Å²) in [7, 11) is 2.09. The van der Waals surface area contributed by atoms with E-state index in [4.69, 9.17) is 0 Å². The van der Waals surface area contributed by atoms with E-state index in [1.54, 1.807) is 0 Å².